The molecule has 0 bridgehead atoms. The molecule has 6 heteroatoms. The quantitative estimate of drug-likeness (QED) is 0.139. The maximum absolute atomic E-state index is 10.9. The molecule has 0 aliphatic rings. The summed E-state index contributed by atoms with van der Waals surface area (Å²) in [4.78, 5) is 10.9. The molecule has 0 saturated heterocycles. The highest BCUT2D eigenvalue weighted by molar-refractivity contribution is 9.72. The fourth-order valence-corrected chi connectivity index (χ4v) is 4.77. The van der Waals surface area contributed by atoms with Gasteiger partial charge in [0.15, 0.2) is 0 Å². The fraction of sp³-hybridized carbons (Fsp3) is 0.750. The third-order valence-corrected chi connectivity index (χ3v) is 7.04. The van der Waals surface area contributed by atoms with Gasteiger partial charge in [-0.25, -0.2) is 4.79 Å². The Kier molecular flexibility index (Phi) is 11.1. The van der Waals surface area contributed by atoms with Crippen LogP contribution in [0.25, 0.3) is 0 Å². The standard InChI is InChI=1S/C12H21Br3O2Si/c1-3-12(16)17-11(2)9-7-5-4-6-8-10-18(13,14)15/h3,11H,1,4-10H2,2H3. The number of carbonyl (C=O) groups excluding carboxylic acids is 1. The summed E-state index contributed by atoms with van der Waals surface area (Å²) in [6.45, 7) is 5.31. The minimum Gasteiger partial charge on any atom is -0.460 e. The topological polar surface area (TPSA) is 26.3 Å². The molecule has 0 heterocycles. The lowest BCUT2D eigenvalue weighted by atomic mass is 10.1. The minimum atomic E-state index is -1.40. The number of unbranched alkanes of at least 4 members (excludes halogenated alkanes) is 4. The molecule has 0 aliphatic carbocycles. The molecule has 106 valence electrons. The van der Waals surface area contributed by atoms with Crippen molar-refractivity contribution < 1.29 is 9.53 Å². The molecule has 0 amide bonds. The van der Waals surface area contributed by atoms with E-state index in [1.54, 1.807) is 0 Å². The summed E-state index contributed by atoms with van der Waals surface area (Å²) in [5.41, 5.74) is 0. The Labute approximate surface area is 135 Å². The van der Waals surface area contributed by atoms with Crippen molar-refractivity contribution in [2.24, 2.45) is 0 Å². The summed E-state index contributed by atoms with van der Waals surface area (Å²) >= 11 is 10.9. The molecular weight excluding hydrogens is 444 g/mol. The Morgan fingerprint density at radius 3 is 2.33 bits per heavy atom. The molecule has 0 aliphatic heterocycles. The largest absolute Gasteiger partial charge is 0.460 e. The van der Waals surface area contributed by atoms with Crippen molar-refractivity contribution in [3.05, 3.63) is 12.7 Å². The molecule has 0 saturated carbocycles. The number of halogens is 3. The third-order valence-electron chi connectivity index (χ3n) is 2.55. The van der Waals surface area contributed by atoms with Crippen molar-refractivity contribution in [1.82, 2.24) is 0 Å². The van der Waals surface area contributed by atoms with Crippen LogP contribution < -0.4 is 0 Å². The van der Waals surface area contributed by atoms with E-state index in [2.05, 4.69) is 52.5 Å². The molecular formula is C12H21Br3O2Si. The van der Waals surface area contributed by atoms with Crippen molar-refractivity contribution in [2.75, 3.05) is 0 Å². The zero-order valence-electron chi connectivity index (χ0n) is 10.8. The van der Waals surface area contributed by atoms with Gasteiger partial charge in [0.2, 0.25) is 0 Å². The molecule has 1 atom stereocenters. The Bertz CT molecular complexity index is 254. The van der Waals surface area contributed by atoms with Gasteiger partial charge in [-0.2, -0.15) is 0 Å². The molecule has 0 rings (SSSR count). The van der Waals surface area contributed by atoms with Crippen LogP contribution in [0.2, 0.25) is 6.04 Å². The molecule has 0 aromatic heterocycles. The van der Waals surface area contributed by atoms with Crippen LogP contribution in [0.5, 0.6) is 0 Å². The highest BCUT2D eigenvalue weighted by Crippen LogP contribution is 2.33. The number of esters is 1. The molecule has 0 spiro atoms. The predicted octanol–water partition coefficient (Wildman–Crippen LogP) is 5.57. The number of ether oxygens (including phenoxy) is 1. The van der Waals surface area contributed by atoms with E-state index in [0.717, 1.165) is 12.8 Å². The molecule has 0 radical (unpaired) electrons. The summed E-state index contributed by atoms with van der Waals surface area (Å²) in [6, 6.07) is 1.19. The first kappa shape index (κ1) is 18.9. The van der Waals surface area contributed by atoms with Gasteiger partial charge in [0, 0.05) is 6.08 Å². The highest BCUT2D eigenvalue weighted by atomic mass is 80.0. The SMILES string of the molecule is C=CC(=O)OC(C)CCCCCCC[Si](Br)(Br)Br. The van der Waals surface area contributed by atoms with E-state index in [1.165, 1.54) is 37.8 Å². The fourth-order valence-electron chi connectivity index (χ4n) is 1.59. The van der Waals surface area contributed by atoms with E-state index in [4.69, 9.17) is 4.74 Å². The smallest absolute Gasteiger partial charge is 0.330 e. The van der Waals surface area contributed by atoms with E-state index in [9.17, 15) is 4.79 Å². The van der Waals surface area contributed by atoms with Crippen LogP contribution in [-0.4, -0.2) is 16.0 Å². The first-order valence-corrected chi connectivity index (χ1v) is 15.2. The van der Waals surface area contributed by atoms with Gasteiger partial charge < -0.3 is 4.74 Å². The lowest BCUT2D eigenvalue weighted by Crippen LogP contribution is -2.12. The number of hydrogen-bond acceptors (Lipinski definition) is 2. The Hall–Kier alpha value is 0.867. The lowest BCUT2D eigenvalue weighted by Gasteiger charge is -2.11. The first-order valence-electron chi connectivity index (χ1n) is 6.25. The van der Waals surface area contributed by atoms with Crippen molar-refractivity contribution in [2.45, 2.75) is 57.6 Å². The van der Waals surface area contributed by atoms with Gasteiger partial charge in [-0.05, 0) is 25.8 Å². The number of carbonyl (C=O) groups is 1. The molecule has 0 aromatic rings. The summed E-state index contributed by atoms with van der Waals surface area (Å²) in [5, 5.41) is 0. The van der Waals surface area contributed by atoms with E-state index in [-0.39, 0.29) is 12.1 Å². The van der Waals surface area contributed by atoms with Crippen LogP contribution in [0.1, 0.15) is 45.4 Å². The Morgan fingerprint density at radius 1 is 1.22 bits per heavy atom. The van der Waals surface area contributed by atoms with Crippen molar-refractivity contribution in [1.29, 1.82) is 0 Å². The average molecular weight is 465 g/mol. The van der Waals surface area contributed by atoms with Gasteiger partial charge >= 0.3 is 5.97 Å². The molecule has 18 heavy (non-hydrogen) atoms. The molecule has 0 aromatic carbocycles. The van der Waals surface area contributed by atoms with Gasteiger partial charge in [-0.15, -0.1) is 0 Å². The van der Waals surface area contributed by atoms with E-state index < -0.39 is 3.93 Å². The third kappa shape index (κ3) is 13.3. The maximum Gasteiger partial charge on any atom is 0.330 e. The van der Waals surface area contributed by atoms with E-state index >= 15 is 0 Å². The monoisotopic (exact) mass is 462 g/mol. The Morgan fingerprint density at radius 2 is 1.78 bits per heavy atom. The summed E-state index contributed by atoms with van der Waals surface area (Å²) in [7, 11) is 0. The van der Waals surface area contributed by atoms with Crippen LogP contribution in [0, 0.1) is 0 Å². The number of hydrogen-bond donors (Lipinski definition) is 0. The molecule has 0 N–H and O–H groups in total. The summed E-state index contributed by atoms with van der Waals surface area (Å²) in [6.07, 6.45) is 8.24. The van der Waals surface area contributed by atoms with Gasteiger partial charge in [0.05, 0.1) is 6.10 Å². The van der Waals surface area contributed by atoms with Crippen molar-refractivity contribution >= 4 is 55.8 Å². The zero-order chi connectivity index (χ0) is 14.0. The van der Waals surface area contributed by atoms with Crippen LogP contribution in [-0.2, 0) is 9.53 Å². The van der Waals surface area contributed by atoms with Gasteiger partial charge in [0.25, 0.3) is 3.93 Å². The minimum absolute atomic E-state index is 0.00295. The lowest BCUT2D eigenvalue weighted by molar-refractivity contribution is -0.142. The van der Waals surface area contributed by atoms with Crippen LogP contribution in [0.4, 0.5) is 0 Å². The normalized spacial score (nSPS) is 13.1. The zero-order valence-corrected chi connectivity index (χ0v) is 16.5. The van der Waals surface area contributed by atoms with E-state index in [1.807, 2.05) is 6.92 Å². The summed E-state index contributed by atoms with van der Waals surface area (Å²) < 4.78 is 3.71. The number of rotatable bonds is 10. The van der Waals surface area contributed by atoms with Crippen LogP contribution in [0.3, 0.4) is 0 Å². The van der Waals surface area contributed by atoms with Crippen molar-refractivity contribution in [3.63, 3.8) is 0 Å². The second-order valence-corrected chi connectivity index (χ2v) is 27.9. The second-order valence-electron chi connectivity index (χ2n) is 4.37. The van der Waals surface area contributed by atoms with Crippen LogP contribution >= 0.6 is 45.9 Å². The van der Waals surface area contributed by atoms with Gasteiger partial charge in [-0.1, -0.05) is 78.1 Å². The van der Waals surface area contributed by atoms with Gasteiger partial charge in [0.1, 0.15) is 0 Å². The van der Waals surface area contributed by atoms with E-state index in [0.29, 0.717) is 0 Å². The van der Waals surface area contributed by atoms with Gasteiger partial charge in [-0.3, -0.25) is 0 Å². The predicted molar refractivity (Wildman–Crippen MR) is 90.8 cm³/mol. The van der Waals surface area contributed by atoms with Crippen LogP contribution in [0.15, 0.2) is 12.7 Å². The molecule has 0 fully saturated rings. The second kappa shape index (κ2) is 10.6. The highest BCUT2D eigenvalue weighted by Gasteiger charge is 2.20. The Balaban J connectivity index is 3.35. The maximum atomic E-state index is 10.9. The molecule has 2 nitrogen and oxygen atoms in total. The first-order chi connectivity index (χ1) is 8.35. The summed E-state index contributed by atoms with van der Waals surface area (Å²) in [5.74, 6) is -0.323. The molecule has 1 unspecified atom stereocenters. The van der Waals surface area contributed by atoms with Crippen molar-refractivity contribution in [3.8, 4) is 0 Å². The average Bonchev–Trinajstić information content (AvgIpc) is 2.26.